The Balaban J connectivity index is 0.000000220. The van der Waals surface area contributed by atoms with Gasteiger partial charge in [-0.05, 0) is 44.7 Å². The zero-order valence-corrected chi connectivity index (χ0v) is 21.7. The van der Waals surface area contributed by atoms with Crippen LogP contribution in [0.15, 0.2) is 60.7 Å². The van der Waals surface area contributed by atoms with Crippen LogP contribution in [-0.2, 0) is 27.4 Å². The first kappa shape index (κ1) is 27.8. The van der Waals surface area contributed by atoms with Gasteiger partial charge in [0.25, 0.3) is 0 Å². The first-order valence-electron chi connectivity index (χ1n) is 12.4. The molecule has 2 aliphatic heterocycles. The van der Waals surface area contributed by atoms with Gasteiger partial charge < -0.3 is 14.2 Å². The average Bonchev–Trinajstić information content (AvgIpc) is 3.59. The molecule has 0 atom stereocenters. The minimum atomic E-state index is -0.598. The molecule has 37 heavy (non-hydrogen) atoms. The highest BCUT2D eigenvalue weighted by molar-refractivity contribution is 5.75. The van der Waals surface area contributed by atoms with Crippen molar-refractivity contribution < 1.29 is 28.6 Å². The fraction of sp³-hybridized carbons (Fsp3) is 0.444. The van der Waals surface area contributed by atoms with Crippen LogP contribution in [0.5, 0.6) is 0 Å². The van der Waals surface area contributed by atoms with E-state index in [9.17, 15) is 14.4 Å². The fourth-order valence-electron chi connectivity index (χ4n) is 3.58. The van der Waals surface area contributed by atoms with Crippen molar-refractivity contribution in [3.05, 3.63) is 71.8 Å². The van der Waals surface area contributed by atoms with Gasteiger partial charge in [0.2, 0.25) is 0 Å². The highest BCUT2D eigenvalue weighted by Crippen LogP contribution is 2.18. The van der Waals surface area contributed by atoms with Crippen molar-refractivity contribution in [2.45, 2.75) is 52.4 Å². The van der Waals surface area contributed by atoms with Gasteiger partial charge in [-0.2, -0.15) is 0 Å². The zero-order valence-electron chi connectivity index (χ0n) is 21.7. The van der Waals surface area contributed by atoms with Crippen molar-refractivity contribution in [3.8, 4) is 0 Å². The number of nitrogens with zero attached hydrogens (tertiary/aromatic N) is 3. The second kappa shape index (κ2) is 13.5. The number of benzene rings is 2. The minimum Gasteiger partial charge on any atom is -0.444 e. The summed E-state index contributed by atoms with van der Waals surface area (Å²) in [5, 5.41) is 4.12. The molecule has 10 heteroatoms. The lowest BCUT2D eigenvalue weighted by atomic mass is 10.2. The fourth-order valence-corrected chi connectivity index (χ4v) is 3.58. The van der Waals surface area contributed by atoms with E-state index in [1.807, 2.05) is 60.7 Å². The number of carbonyl (C=O) groups is 3. The Bertz CT molecular complexity index is 1010. The summed E-state index contributed by atoms with van der Waals surface area (Å²) in [5.74, 6) is 0. The van der Waals surface area contributed by atoms with E-state index in [0.717, 1.165) is 30.6 Å². The summed E-state index contributed by atoms with van der Waals surface area (Å²) >= 11 is 0. The average molecular weight is 513 g/mol. The highest BCUT2D eigenvalue weighted by Gasteiger charge is 2.34. The van der Waals surface area contributed by atoms with E-state index in [2.05, 4.69) is 5.43 Å². The van der Waals surface area contributed by atoms with Crippen molar-refractivity contribution in [1.29, 1.82) is 0 Å². The molecule has 2 aromatic rings. The van der Waals surface area contributed by atoms with Crippen LogP contribution in [0.25, 0.3) is 0 Å². The van der Waals surface area contributed by atoms with Crippen LogP contribution in [0.2, 0.25) is 0 Å². The standard InChI is InChI=1S/C16H22N2O4.C11H14N2O2/c1-16(2,3)22-15(20)18-11-7-10-17(18)14(19)21-12-13-8-5-4-6-9-13;14-11(13-8-4-7-12-13)15-9-10-5-2-1-3-6-10/h4-6,8-9H,7,10-12H2,1-3H3;1-3,5-6,12H,4,7-9H2. The molecule has 1 N–H and O–H groups in total. The molecule has 0 saturated carbocycles. The first-order valence-corrected chi connectivity index (χ1v) is 12.4. The second-order valence-electron chi connectivity index (χ2n) is 9.57. The van der Waals surface area contributed by atoms with Crippen LogP contribution >= 0.6 is 0 Å². The molecule has 0 aliphatic carbocycles. The summed E-state index contributed by atoms with van der Waals surface area (Å²) in [6.45, 7) is 8.36. The molecule has 0 radical (unpaired) electrons. The Kier molecular flexibility index (Phi) is 10.1. The predicted octanol–water partition coefficient (Wildman–Crippen LogP) is 4.71. The lowest BCUT2D eigenvalue weighted by molar-refractivity contribution is -0.0265. The van der Waals surface area contributed by atoms with Crippen molar-refractivity contribution >= 4 is 18.3 Å². The summed E-state index contributed by atoms with van der Waals surface area (Å²) in [6, 6.07) is 19.1. The molecule has 2 aliphatic rings. The quantitative estimate of drug-likeness (QED) is 0.592. The van der Waals surface area contributed by atoms with Crippen molar-refractivity contribution in [2.75, 3.05) is 26.2 Å². The Morgan fingerprint density at radius 2 is 1.24 bits per heavy atom. The Morgan fingerprint density at radius 3 is 1.73 bits per heavy atom. The third-order valence-corrected chi connectivity index (χ3v) is 5.34. The topological polar surface area (TPSA) is 101 Å². The molecule has 200 valence electrons. The molecular weight excluding hydrogens is 476 g/mol. The van der Waals surface area contributed by atoms with Crippen LogP contribution in [-0.4, -0.2) is 65.1 Å². The molecule has 0 bridgehead atoms. The summed E-state index contributed by atoms with van der Waals surface area (Å²) in [7, 11) is 0. The van der Waals surface area contributed by atoms with Gasteiger partial charge in [-0.25, -0.2) is 34.8 Å². The maximum atomic E-state index is 12.2. The second-order valence-corrected chi connectivity index (χ2v) is 9.57. The SMILES string of the molecule is CC(C)(C)OC(=O)N1CCCN1C(=O)OCc1ccccc1.O=C(OCc1ccccc1)N1CCCN1. The van der Waals surface area contributed by atoms with E-state index >= 15 is 0 Å². The molecule has 0 aromatic heterocycles. The van der Waals surface area contributed by atoms with Gasteiger partial charge in [0.15, 0.2) is 0 Å². The molecule has 2 saturated heterocycles. The monoisotopic (exact) mass is 512 g/mol. The van der Waals surface area contributed by atoms with Crippen molar-refractivity contribution in [1.82, 2.24) is 20.5 Å². The van der Waals surface area contributed by atoms with Gasteiger partial charge in [0.1, 0.15) is 18.8 Å². The maximum absolute atomic E-state index is 12.2. The van der Waals surface area contributed by atoms with E-state index in [0.29, 0.717) is 26.1 Å². The van der Waals surface area contributed by atoms with E-state index in [1.165, 1.54) is 15.0 Å². The van der Waals surface area contributed by atoms with Gasteiger partial charge in [0, 0.05) is 26.2 Å². The normalized spacial score (nSPS) is 15.1. The molecule has 0 unspecified atom stereocenters. The number of ether oxygens (including phenoxy) is 3. The third kappa shape index (κ3) is 9.30. The summed E-state index contributed by atoms with van der Waals surface area (Å²) in [4.78, 5) is 35.7. The summed E-state index contributed by atoms with van der Waals surface area (Å²) < 4.78 is 15.7. The Hall–Kier alpha value is -3.79. The largest absolute Gasteiger partial charge is 0.444 e. The van der Waals surface area contributed by atoms with Gasteiger partial charge in [-0.15, -0.1) is 0 Å². The van der Waals surface area contributed by atoms with Crippen LogP contribution < -0.4 is 5.43 Å². The van der Waals surface area contributed by atoms with Crippen LogP contribution in [0, 0.1) is 0 Å². The Labute approximate surface area is 218 Å². The molecule has 2 heterocycles. The molecule has 0 spiro atoms. The van der Waals surface area contributed by atoms with Gasteiger partial charge >= 0.3 is 18.3 Å². The number of hydrazine groups is 2. The van der Waals surface area contributed by atoms with Gasteiger partial charge in [-0.3, -0.25) is 0 Å². The lowest BCUT2D eigenvalue weighted by Gasteiger charge is -2.29. The van der Waals surface area contributed by atoms with Crippen LogP contribution in [0.1, 0.15) is 44.7 Å². The minimum absolute atomic E-state index is 0.179. The zero-order chi connectivity index (χ0) is 26.7. The molecule has 4 rings (SSSR count). The van der Waals surface area contributed by atoms with E-state index in [1.54, 1.807) is 20.8 Å². The molecular formula is C27H36N4O6. The van der Waals surface area contributed by atoms with Gasteiger partial charge in [-0.1, -0.05) is 60.7 Å². The number of carbonyl (C=O) groups excluding carboxylic acids is 3. The number of nitrogens with one attached hydrogen (secondary N) is 1. The molecule has 10 nitrogen and oxygen atoms in total. The van der Waals surface area contributed by atoms with Crippen molar-refractivity contribution in [3.63, 3.8) is 0 Å². The number of hydrogen-bond donors (Lipinski definition) is 1. The molecule has 2 aromatic carbocycles. The van der Waals surface area contributed by atoms with E-state index in [-0.39, 0.29) is 12.7 Å². The molecule has 3 amide bonds. The summed E-state index contributed by atoms with van der Waals surface area (Å²) in [5.41, 5.74) is 4.26. The summed E-state index contributed by atoms with van der Waals surface area (Å²) in [6.07, 6.45) is 0.338. The van der Waals surface area contributed by atoms with Crippen molar-refractivity contribution in [2.24, 2.45) is 0 Å². The van der Waals surface area contributed by atoms with E-state index < -0.39 is 17.8 Å². The first-order chi connectivity index (χ1) is 17.7. The highest BCUT2D eigenvalue weighted by atomic mass is 16.6. The third-order valence-electron chi connectivity index (χ3n) is 5.34. The van der Waals surface area contributed by atoms with Crippen LogP contribution in [0.4, 0.5) is 14.4 Å². The Morgan fingerprint density at radius 1 is 0.730 bits per heavy atom. The lowest BCUT2D eigenvalue weighted by Crippen LogP contribution is -2.47. The number of amides is 3. The van der Waals surface area contributed by atoms with E-state index in [4.69, 9.17) is 14.2 Å². The number of rotatable bonds is 4. The molecule has 2 fully saturated rings. The maximum Gasteiger partial charge on any atom is 0.429 e. The smallest absolute Gasteiger partial charge is 0.429 e. The van der Waals surface area contributed by atoms with Gasteiger partial charge in [0.05, 0.1) is 0 Å². The number of hydrogen-bond acceptors (Lipinski definition) is 7. The van der Waals surface area contributed by atoms with Crippen LogP contribution in [0.3, 0.4) is 0 Å². The predicted molar refractivity (Wildman–Crippen MR) is 137 cm³/mol.